The van der Waals surface area contributed by atoms with Crippen molar-refractivity contribution in [2.75, 3.05) is 33.2 Å². The van der Waals surface area contributed by atoms with E-state index in [1.54, 1.807) is 18.2 Å². The molecule has 100 valence electrons. The number of amides is 1. The predicted octanol–water partition coefficient (Wildman–Crippen LogP) is 0.0145. The Hall–Kier alpha value is -1.79. The van der Waals surface area contributed by atoms with E-state index in [4.69, 9.17) is 20.3 Å². The highest BCUT2D eigenvalue weighted by Crippen LogP contribution is 2.24. The Kier molecular flexibility index (Phi) is 5.41. The van der Waals surface area contributed by atoms with Crippen LogP contribution in [0.15, 0.2) is 18.2 Å². The summed E-state index contributed by atoms with van der Waals surface area (Å²) in [4.78, 5) is 12.0. The van der Waals surface area contributed by atoms with E-state index >= 15 is 0 Å². The molecule has 0 aromatic heterocycles. The van der Waals surface area contributed by atoms with E-state index < -0.39 is 6.04 Å². The van der Waals surface area contributed by atoms with Gasteiger partial charge in [0.15, 0.2) is 0 Å². The molecule has 0 heterocycles. The lowest BCUT2D eigenvalue weighted by molar-refractivity contribution is 0.0840. The molecule has 18 heavy (non-hydrogen) atoms. The van der Waals surface area contributed by atoms with Gasteiger partial charge in [0.2, 0.25) is 0 Å². The number of carbonyl (C=O) groups is 1. The quantitative estimate of drug-likeness (QED) is 0.622. The second-order valence-corrected chi connectivity index (χ2v) is 3.73. The van der Waals surface area contributed by atoms with Crippen LogP contribution >= 0.6 is 0 Å². The molecule has 0 saturated carbocycles. The molecule has 6 heteroatoms. The monoisotopic (exact) mass is 254 g/mol. The molecule has 1 atom stereocenters. The van der Waals surface area contributed by atoms with Crippen LogP contribution in [0.5, 0.6) is 5.75 Å². The van der Waals surface area contributed by atoms with Crippen LogP contribution in [0.25, 0.3) is 0 Å². The van der Waals surface area contributed by atoms with Gasteiger partial charge in [-0.05, 0) is 12.1 Å². The minimum atomic E-state index is -0.465. The lowest BCUT2D eigenvalue weighted by atomic mass is 10.1. The minimum absolute atomic E-state index is 0.205. The van der Waals surface area contributed by atoms with E-state index in [1.807, 2.05) is 0 Å². The average Bonchev–Trinajstić information content (AvgIpc) is 2.38. The first-order valence-electron chi connectivity index (χ1n) is 5.47. The van der Waals surface area contributed by atoms with Crippen LogP contribution in [0.3, 0.4) is 0 Å². The number of ether oxygens (including phenoxy) is 2. The van der Waals surface area contributed by atoms with E-state index in [1.165, 1.54) is 14.2 Å². The molecule has 0 fully saturated rings. The summed E-state index contributed by atoms with van der Waals surface area (Å²) in [5.41, 5.74) is 6.39. The Morgan fingerprint density at radius 1 is 1.50 bits per heavy atom. The first kappa shape index (κ1) is 14.3. The van der Waals surface area contributed by atoms with Gasteiger partial charge in [0.1, 0.15) is 5.75 Å². The van der Waals surface area contributed by atoms with E-state index in [9.17, 15) is 4.79 Å². The number of hydrogen-bond acceptors (Lipinski definition) is 5. The SMILES string of the molecule is COCC(CO)NC(=O)c1cccc(OC)c1N. The van der Waals surface area contributed by atoms with E-state index in [0.717, 1.165) is 0 Å². The third-order valence-electron chi connectivity index (χ3n) is 2.45. The predicted molar refractivity (Wildman–Crippen MR) is 67.6 cm³/mol. The van der Waals surface area contributed by atoms with Gasteiger partial charge in [0.05, 0.1) is 37.6 Å². The maximum atomic E-state index is 12.0. The molecule has 1 aromatic carbocycles. The summed E-state index contributed by atoms with van der Waals surface area (Å²) in [5.74, 6) is 0.0671. The average molecular weight is 254 g/mol. The molecule has 1 amide bonds. The minimum Gasteiger partial charge on any atom is -0.495 e. The van der Waals surface area contributed by atoms with Crippen LogP contribution in [-0.4, -0.2) is 44.5 Å². The molecule has 0 saturated heterocycles. The van der Waals surface area contributed by atoms with Gasteiger partial charge >= 0.3 is 0 Å². The van der Waals surface area contributed by atoms with Crippen molar-refractivity contribution in [3.63, 3.8) is 0 Å². The standard InChI is InChI=1S/C12H18N2O4/c1-17-7-8(6-15)14-12(16)9-4-3-5-10(18-2)11(9)13/h3-5,8,15H,6-7,13H2,1-2H3,(H,14,16). The topological polar surface area (TPSA) is 93.8 Å². The summed E-state index contributed by atoms with van der Waals surface area (Å²) in [6, 6.07) is 4.47. The Morgan fingerprint density at radius 3 is 2.78 bits per heavy atom. The van der Waals surface area contributed by atoms with Crippen molar-refractivity contribution in [2.24, 2.45) is 0 Å². The molecule has 0 radical (unpaired) electrons. The molecule has 1 unspecified atom stereocenters. The fraction of sp³-hybridized carbons (Fsp3) is 0.417. The summed E-state index contributed by atoms with van der Waals surface area (Å²) in [5, 5.41) is 11.7. The second-order valence-electron chi connectivity index (χ2n) is 3.73. The van der Waals surface area contributed by atoms with Crippen molar-refractivity contribution >= 4 is 11.6 Å². The molecular weight excluding hydrogens is 236 g/mol. The van der Waals surface area contributed by atoms with Crippen molar-refractivity contribution in [1.29, 1.82) is 0 Å². The zero-order valence-electron chi connectivity index (χ0n) is 10.5. The largest absolute Gasteiger partial charge is 0.495 e. The summed E-state index contributed by atoms with van der Waals surface area (Å²) < 4.78 is 9.91. The highest BCUT2D eigenvalue weighted by atomic mass is 16.5. The maximum absolute atomic E-state index is 12.0. The van der Waals surface area contributed by atoms with Crippen LogP contribution in [0.4, 0.5) is 5.69 Å². The number of aliphatic hydroxyl groups excluding tert-OH is 1. The molecule has 4 N–H and O–H groups in total. The first-order valence-corrected chi connectivity index (χ1v) is 5.47. The lowest BCUT2D eigenvalue weighted by Gasteiger charge is -2.16. The second kappa shape index (κ2) is 6.83. The number of benzene rings is 1. The Morgan fingerprint density at radius 2 is 2.22 bits per heavy atom. The van der Waals surface area contributed by atoms with Crippen LogP contribution < -0.4 is 15.8 Å². The van der Waals surface area contributed by atoms with Crippen LogP contribution in [0.1, 0.15) is 10.4 Å². The molecule has 0 aliphatic heterocycles. The third kappa shape index (κ3) is 3.35. The van der Waals surface area contributed by atoms with E-state index in [0.29, 0.717) is 11.3 Å². The summed E-state index contributed by atoms with van der Waals surface area (Å²) in [7, 11) is 2.98. The van der Waals surface area contributed by atoms with Gasteiger partial charge in [-0.2, -0.15) is 0 Å². The number of nitrogens with two attached hydrogens (primary N) is 1. The molecule has 0 bridgehead atoms. The number of nitrogen functional groups attached to an aromatic ring is 1. The van der Waals surface area contributed by atoms with E-state index in [-0.39, 0.29) is 24.8 Å². The molecule has 6 nitrogen and oxygen atoms in total. The fourth-order valence-corrected chi connectivity index (χ4v) is 1.52. The molecule has 0 spiro atoms. The smallest absolute Gasteiger partial charge is 0.253 e. The molecule has 1 aromatic rings. The van der Waals surface area contributed by atoms with Gasteiger partial charge < -0.3 is 25.6 Å². The summed E-state index contributed by atoms with van der Waals surface area (Å²) in [6.07, 6.45) is 0. The van der Waals surface area contributed by atoms with Crippen molar-refractivity contribution in [1.82, 2.24) is 5.32 Å². The highest BCUT2D eigenvalue weighted by molar-refractivity contribution is 6.00. The number of anilines is 1. The summed E-state index contributed by atoms with van der Waals surface area (Å²) in [6.45, 7) is 0.0234. The maximum Gasteiger partial charge on any atom is 0.253 e. The van der Waals surface area contributed by atoms with Crippen molar-refractivity contribution in [3.8, 4) is 5.75 Å². The molecular formula is C12H18N2O4. The number of methoxy groups -OCH3 is 2. The Labute approximate surface area is 106 Å². The number of carbonyl (C=O) groups excluding carboxylic acids is 1. The van der Waals surface area contributed by atoms with Crippen LogP contribution in [0, 0.1) is 0 Å². The number of hydrogen-bond donors (Lipinski definition) is 3. The molecule has 1 rings (SSSR count). The third-order valence-corrected chi connectivity index (χ3v) is 2.45. The first-order chi connectivity index (χ1) is 8.63. The summed E-state index contributed by atoms with van der Waals surface area (Å²) >= 11 is 0. The van der Waals surface area contributed by atoms with Gasteiger partial charge in [0, 0.05) is 7.11 Å². The zero-order chi connectivity index (χ0) is 13.5. The van der Waals surface area contributed by atoms with Gasteiger partial charge in [-0.15, -0.1) is 0 Å². The number of aliphatic hydroxyl groups is 1. The zero-order valence-corrected chi connectivity index (χ0v) is 10.5. The Bertz CT molecular complexity index is 409. The Balaban J connectivity index is 2.84. The van der Waals surface area contributed by atoms with Crippen LogP contribution in [-0.2, 0) is 4.74 Å². The normalized spacial score (nSPS) is 11.9. The number of para-hydroxylation sites is 1. The molecule has 0 aliphatic rings. The van der Waals surface area contributed by atoms with Crippen molar-refractivity contribution in [2.45, 2.75) is 6.04 Å². The van der Waals surface area contributed by atoms with Gasteiger partial charge in [-0.1, -0.05) is 6.07 Å². The highest BCUT2D eigenvalue weighted by Gasteiger charge is 2.16. The van der Waals surface area contributed by atoms with E-state index in [2.05, 4.69) is 5.32 Å². The van der Waals surface area contributed by atoms with Gasteiger partial charge in [0.25, 0.3) is 5.91 Å². The van der Waals surface area contributed by atoms with Gasteiger partial charge in [-0.3, -0.25) is 4.79 Å². The van der Waals surface area contributed by atoms with Crippen molar-refractivity contribution < 1.29 is 19.4 Å². The number of nitrogens with one attached hydrogen (secondary N) is 1. The van der Waals surface area contributed by atoms with Gasteiger partial charge in [-0.25, -0.2) is 0 Å². The fourth-order valence-electron chi connectivity index (χ4n) is 1.52. The lowest BCUT2D eigenvalue weighted by Crippen LogP contribution is -2.40. The molecule has 0 aliphatic carbocycles. The number of rotatable bonds is 6. The van der Waals surface area contributed by atoms with Crippen molar-refractivity contribution in [3.05, 3.63) is 23.8 Å². The van der Waals surface area contributed by atoms with Crippen LogP contribution in [0.2, 0.25) is 0 Å².